The molecule has 0 saturated carbocycles. The molecule has 1 aliphatic heterocycles. The van der Waals surface area contributed by atoms with E-state index < -0.39 is 27.8 Å². The molecule has 1 heterocycles. The van der Waals surface area contributed by atoms with E-state index in [1.165, 1.54) is 12.1 Å². The van der Waals surface area contributed by atoms with Crippen LogP contribution in [0.15, 0.2) is 23.1 Å². The molecule has 1 saturated heterocycles. The number of sulfone groups is 1. The second-order valence-electron chi connectivity index (χ2n) is 4.84. The molecule has 7 nitrogen and oxygen atoms in total. The number of carboxylic acids is 1. The Hall–Kier alpha value is -1.64. The molecule has 0 radical (unpaired) electrons. The first-order valence-corrected chi connectivity index (χ1v) is 8.60. The fourth-order valence-corrected chi connectivity index (χ4v) is 2.95. The molecule has 1 atom stereocenters. The minimum atomic E-state index is -3.51. The Morgan fingerprint density at radius 3 is 2.68 bits per heavy atom. The molecule has 0 unspecified atom stereocenters. The number of amides is 1. The maximum atomic E-state index is 12.5. The fourth-order valence-electron chi connectivity index (χ4n) is 2.10. The van der Waals surface area contributed by atoms with Crippen molar-refractivity contribution < 1.29 is 27.9 Å². The first-order chi connectivity index (χ1) is 10.2. The number of morpholine rings is 1. The lowest BCUT2D eigenvalue weighted by Gasteiger charge is -2.33. The van der Waals surface area contributed by atoms with Gasteiger partial charge in [0.1, 0.15) is 0 Å². The number of hydrogen-bond acceptors (Lipinski definition) is 5. The number of rotatable bonds is 3. The summed E-state index contributed by atoms with van der Waals surface area (Å²) in [5.74, 6) is -1.82. The van der Waals surface area contributed by atoms with Gasteiger partial charge in [-0.2, -0.15) is 0 Å². The molecule has 1 aromatic carbocycles. The van der Waals surface area contributed by atoms with E-state index in [9.17, 15) is 18.0 Å². The van der Waals surface area contributed by atoms with Crippen LogP contribution in [0, 0.1) is 0 Å². The van der Waals surface area contributed by atoms with Crippen LogP contribution in [0.25, 0.3) is 0 Å². The monoisotopic (exact) mass is 347 g/mol. The molecule has 0 bridgehead atoms. The Balaban J connectivity index is 2.42. The van der Waals surface area contributed by atoms with E-state index in [-0.39, 0.29) is 35.2 Å². The summed E-state index contributed by atoms with van der Waals surface area (Å²) in [4.78, 5) is 24.8. The summed E-state index contributed by atoms with van der Waals surface area (Å²) in [5, 5.41) is 9.22. The number of benzene rings is 1. The average molecular weight is 348 g/mol. The molecule has 0 spiro atoms. The zero-order chi connectivity index (χ0) is 16.5. The van der Waals surface area contributed by atoms with Crippen LogP contribution in [-0.4, -0.2) is 62.4 Å². The summed E-state index contributed by atoms with van der Waals surface area (Å²) in [7, 11) is -3.51. The standard InChI is InChI=1S/C13H14ClNO6S/c1-22(19,20)8-2-3-10(14)9(6-8)12(16)15-4-5-21-7-11(15)13(17)18/h2-3,6,11H,4-5,7H2,1H3,(H,17,18)/t11-/m0/s1. The lowest BCUT2D eigenvalue weighted by molar-refractivity contribution is -0.147. The van der Waals surface area contributed by atoms with E-state index in [4.69, 9.17) is 21.4 Å². The van der Waals surface area contributed by atoms with Gasteiger partial charge in [0.25, 0.3) is 5.91 Å². The molecule has 9 heteroatoms. The van der Waals surface area contributed by atoms with Crippen molar-refractivity contribution in [3.8, 4) is 0 Å². The summed E-state index contributed by atoms with van der Waals surface area (Å²) in [6, 6.07) is 2.64. The fraction of sp³-hybridized carbons (Fsp3) is 0.385. The third-order valence-electron chi connectivity index (χ3n) is 3.27. The van der Waals surface area contributed by atoms with Crippen molar-refractivity contribution in [3.63, 3.8) is 0 Å². The number of halogens is 1. The molecular formula is C13H14ClNO6S. The van der Waals surface area contributed by atoms with Gasteiger partial charge in [-0.3, -0.25) is 4.79 Å². The summed E-state index contributed by atoms with van der Waals surface area (Å²) < 4.78 is 28.2. The SMILES string of the molecule is CS(=O)(=O)c1ccc(Cl)c(C(=O)N2CCOC[C@H]2C(=O)O)c1. The minimum Gasteiger partial charge on any atom is -0.480 e. The number of carbonyl (C=O) groups excluding carboxylic acids is 1. The molecule has 1 aromatic rings. The lowest BCUT2D eigenvalue weighted by Crippen LogP contribution is -2.52. The Labute approximate surface area is 132 Å². The van der Waals surface area contributed by atoms with Crippen molar-refractivity contribution in [2.45, 2.75) is 10.9 Å². The van der Waals surface area contributed by atoms with E-state index >= 15 is 0 Å². The van der Waals surface area contributed by atoms with Gasteiger partial charge in [0.15, 0.2) is 15.9 Å². The zero-order valence-electron chi connectivity index (χ0n) is 11.7. The van der Waals surface area contributed by atoms with Gasteiger partial charge in [0, 0.05) is 12.8 Å². The van der Waals surface area contributed by atoms with Crippen LogP contribution in [0.3, 0.4) is 0 Å². The van der Waals surface area contributed by atoms with E-state index in [1.54, 1.807) is 0 Å². The number of aliphatic carboxylic acids is 1. The topological polar surface area (TPSA) is 101 Å². The smallest absolute Gasteiger partial charge is 0.328 e. The van der Waals surface area contributed by atoms with Crippen LogP contribution < -0.4 is 0 Å². The van der Waals surface area contributed by atoms with Gasteiger partial charge in [0.2, 0.25) is 0 Å². The predicted molar refractivity (Wildman–Crippen MR) is 77.8 cm³/mol. The summed E-state index contributed by atoms with van der Waals surface area (Å²) >= 11 is 5.97. The van der Waals surface area contributed by atoms with Crippen molar-refractivity contribution in [3.05, 3.63) is 28.8 Å². The van der Waals surface area contributed by atoms with Crippen LogP contribution >= 0.6 is 11.6 Å². The third-order valence-corrected chi connectivity index (χ3v) is 4.71. The van der Waals surface area contributed by atoms with Crippen LogP contribution in [0.1, 0.15) is 10.4 Å². The zero-order valence-corrected chi connectivity index (χ0v) is 13.2. The average Bonchev–Trinajstić information content (AvgIpc) is 2.45. The van der Waals surface area contributed by atoms with E-state index in [1.807, 2.05) is 0 Å². The van der Waals surface area contributed by atoms with Gasteiger partial charge < -0.3 is 14.7 Å². The van der Waals surface area contributed by atoms with Gasteiger partial charge in [0.05, 0.1) is 28.7 Å². The predicted octanol–water partition coefficient (Wildman–Crippen LogP) is 0.669. The van der Waals surface area contributed by atoms with E-state index in [0.29, 0.717) is 0 Å². The third kappa shape index (κ3) is 3.40. The quantitative estimate of drug-likeness (QED) is 0.862. The molecular weight excluding hydrogens is 334 g/mol. The highest BCUT2D eigenvalue weighted by Crippen LogP contribution is 2.23. The largest absolute Gasteiger partial charge is 0.480 e. The van der Waals surface area contributed by atoms with Crippen molar-refractivity contribution in [2.75, 3.05) is 26.0 Å². The molecule has 1 fully saturated rings. The molecule has 2 rings (SSSR count). The van der Waals surface area contributed by atoms with Crippen LogP contribution in [0.5, 0.6) is 0 Å². The second-order valence-corrected chi connectivity index (χ2v) is 7.26. The second kappa shape index (κ2) is 6.23. The molecule has 22 heavy (non-hydrogen) atoms. The van der Waals surface area contributed by atoms with Gasteiger partial charge in [-0.1, -0.05) is 11.6 Å². The number of nitrogens with zero attached hydrogens (tertiary/aromatic N) is 1. The number of ether oxygens (including phenoxy) is 1. The first kappa shape index (κ1) is 16.7. The van der Waals surface area contributed by atoms with Crippen molar-refractivity contribution in [2.24, 2.45) is 0 Å². The number of carboxylic acid groups (broad SMARTS) is 1. The molecule has 120 valence electrons. The van der Waals surface area contributed by atoms with Crippen LogP contribution in [0.2, 0.25) is 5.02 Å². The maximum Gasteiger partial charge on any atom is 0.328 e. The Morgan fingerprint density at radius 2 is 2.09 bits per heavy atom. The van der Waals surface area contributed by atoms with Crippen molar-refractivity contribution in [1.82, 2.24) is 4.90 Å². The van der Waals surface area contributed by atoms with Crippen LogP contribution in [-0.2, 0) is 19.4 Å². The number of carbonyl (C=O) groups is 2. The highest BCUT2D eigenvalue weighted by atomic mass is 35.5. The molecule has 0 aliphatic carbocycles. The molecule has 1 amide bonds. The van der Waals surface area contributed by atoms with Gasteiger partial charge in [-0.05, 0) is 18.2 Å². The Morgan fingerprint density at radius 1 is 1.41 bits per heavy atom. The summed E-state index contributed by atoms with van der Waals surface area (Å²) in [5.41, 5.74) is -0.0438. The normalized spacial score (nSPS) is 19.0. The van der Waals surface area contributed by atoms with E-state index in [2.05, 4.69) is 0 Å². The summed E-state index contributed by atoms with van der Waals surface area (Å²) in [6.07, 6.45) is 1.01. The first-order valence-electron chi connectivity index (χ1n) is 6.33. The van der Waals surface area contributed by atoms with Gasteiger partial charge >= 0.3 is 5.97 Å². The maximum absolute atomic E-state index is 12.5. The van der Waals surface area contributed by atoms with Crippen molar-refractivity contribution >= 4 is 33.3 Å². The van der Waals surface area contributed by atoms with Crippen molar-refractivity contribution in [1.29, 1.82) is 0 Å². The highest BCUT2D eigenvalue weighted by Gasteiger charge is 2.34. The van der Waals surface area contributed by atoms with Gasteiger partial charge in [-0.25, -0.2) is 13.2 Å². The van der Waals surface area contributed by atoms with Gasteiger partial charge in [-0.15, -0.1) is 0 Å². The lowest BCUT2D eigenvalue weighted by atomic mass is 10.1. The van der Waals surface area contributed by atoms with Crippen LogP contribution in [0.4, 0.5) is 0 Å². The minimum absolute atomic E-state index is 0.0438. The highest BCUT2D eigenvalue weighted by molar-refractivity contribution is 7.90. The number of hydrogen-bond donors (Lipinski definition) is 1. The van der Waals surface area contributed by atoms with E-state index in [0.717, 1.165) is 17.2 Å². The summed E-state index contributed by atoms with van der Waals surface area (Å²) in [6.45, 7) is 0.179. The Bertz CT molecular complexity index is 717. The Kier molecular flexibility index (Phi) is 4.74. The molecule has 1 N–H and O–H groups in total. The molecule has 1 aliphatic rings. The molecule has 0 aromatic heterocycles.